The molecule has 1 aliphatic heterocycles. The third-order valence-electron chi connectivity index (χ3n) is 4.63. The first kappa shape index (κ1) is 23.3. The van der Waals surface area contributed by atoms with Crippen LogP contribution in [0, 0.1) is 0 Å². The van der Waals surface area contributed by atoms with Gasteiger partial charge in [0, 0.05) is 19.3 Å². The molecule has 0 saturated carbocycles. The molecule has 0 aliphatic carbocycles. The van der Waals surface area contributed by atoms with Crippen LogP contribution in [-0.4, -0.2) is 84.9 Å². The molecule has 0 aromatic heterocycles. The number of likely N-dealkylation sites (N-methyl/N-ethyl adjacent to an activating group) is 1. The van der Waals surface area contributed by atoms with Gasteiger partial charge in [-0.3, -0.25) is 14.4 Å². The highest BCUT2D eigenvalue weighted by Crippen LogP contribution is 2.21. The van der Waals surface area contributed by atoms with Gasteiger partial charge < -0.3 is 30.9 Å². The predicted molar refractivity (Wildman–Crippen MR) is 114 cm³/mol. The summed E-state index contributed by atoms with van der Waals surface area (Å²) in [5.74, 6) is -0.342. The molecule has 1 fully saturated rings. The number of methoxy groups -OCH3 is 1. The molecule has 1 aliphatic rings. The summed E-state index contributed by atoms with van der Waals surface area (Å²) in [4.78, 5) is 51.4. The fourth-order valence-electron chi connectivity index (χ4n) is 3.25. The fraction of sp³-hybridized carbons (Fsp3) is 0.474. The molecule has 1 heterocycles. The van der Waals surface area contributed by atoms with Crippen LogP contribution >= 0.6 is 11.8 Å². The van der Waals surface area contributed by atoms with Gasteiger partial charge in [0.15, 0.2) is 0 Å². The van der Waals surface area contributed by atoms with Crippen LogP contribution in [0.2, 0.25) is 0 Å². The highest BCUT2D eigenvalue weighted by atomic mass is 32.2. The standard InChI is InChI=1S/C19H27N5O5S/c1-23(10-16(20)25)18(27)15-8-13(9-24(15)17(26)11-30-3)22-19(28)21-12-4-6-14(29-2)7-5-12/h4-7,13,15H,8-11H2,1-3H3,(H2,20,25)(H2,21,22,28)/t13-,15+/m0/s1. The van der Waals surface area contributed by atoms with Crippen molar-refractivity contribution in [1.29, 1.82) is 0 Å². The van der Waals surface area contributed by atoms with E-state index in [0.717, 1.165) is 0 Å². The molecule has 0 spiro atoms. The summed E-state index contributed by atoms with van der Waals surface area (Å²) in [6, 6.07) is 5.22. The van der Waals surface area contributed by atoms with Crippen molar-refractivity contribution in [3.05, 3.63) is 24.3 Å². The number of nitrogens with two attached hydrogens (primary N) is 1. The van der Waals surface area contributed by atoms with Gasteiger partial charge in [0.2, 0.25) is 17.7 Å². The molecular weight excluding hydrogens is 410 g/mol. The maximum Gasteiger partial charge on any atom is 0.319 e. The molecule has 0 bridgehead atoms. The molecule has 2 rings (SSSR count). The van der Waals surface area contributed by atoms with E-state index in [2.05, 4.69) is 10.6 Å². The van der Waals surface area contributed by atoms with Gasteiger partial charge in [-0.15, -0.1) is 0 Å². The fourth-order valence-corrected chi connectivity index (χ4v) is 3.66. The van der Waals surface area contributed by atoms with Crippen LogP contribution < -0.4 is 21.1 Å². The number of benzene rings is 1. The largest absolute Gasteiger partial charge is 0.497 e. The summed E-state index contributed by atoms with van der Waals surface area (Å²) in [7, 11) is 3.01. The lowest BCUT2D eigenvalue weighted by atomic mass is 10.1. The van der Waals surface area contributed by atoms with E-state index in [-0.39, 0.29) is 37.1 Å². The maximum absolute atomic E-state index is 12.8. The molecule has 10 nitrogen and oxygen atoms in total. The average molecular weight is 438 g/mol. The Balaban J connectivity index is 2.03. The molecule has 2 atom stereocenters. The van der Waals surface area contributed by atoms with Crippen molar-refractivity contribution in [2.24, 2.45) is 5.73 Å². The van der Waals surface area contributed by atoms with Gasteiger partial charge in [-0.1, -0.05) is 0 Å². The van der Waals surface area contributed by atoms with Crippen LogP contribution in [0.5, 0.6) is 5.75 Å². The molecule has 1 saturated heterocycles. The summed E-state index contributed by atoms with van der Waals surface area (Å²) >= 11 is 1.35. The number of hydrogen-bond acceptors (Lipinski definition) is 6. The van der Waals surface area contributed by atoms with Crippen molar-refractivity contribution in [2.45, 2.75) is 18.5 Å². The predicted octanol–water partition coefficient (Wildman–Crippen LogP) is 0.0929. The first-order chi connectivity index (χ1) is 14.2. The van der Waals surface area contributed by atoms with E-state index in [1.54, 1.807) is 37.6 Å². The second-order valence-corrected chi connectivity index (χ2v) is 7.78. The Hall–Kier alpha value is -2.95. The van der Waals surface area contributed by atoms with Gasteiger partial charge in [0.1, 0.15) is 11.8 Å². The zero-order valence-corrected chi connectivity index (χ0v) is 18.0. The summed E-state index contributed by atoms with van der Waals surface area (Å²) in [5, 5.41) is 5.52. The summed E-state index contributed by atoms with van der Waals surface area (Å²) in [6.07, 6.45) is 2.04. The van der Waals surface area contributed by atoms with E-state index in [1.807, 2.05) is 0 Å². The number of rotatable bonds is 8. The first-order valence-corrected chi connectivity index (χ1v) is 10.7. The topological polar surface area (TPSA) is 134 Å². The highest BCUT2D eigenvalue weighted by molar-refractivity contribution is 7.99. The van der Waals surface area contributed by atoms with E-state index in [0.29, 0.717) is 11.4 Å². The van der Waals surface area contributed by atoms with Gasteiger partial charge in [-0.2, -0.15) is 11.8 Å². The number of carbonyl (C=O) groups excluding carboxylic acids is 4. The smallest absolute Gasteiger partial charge is 0.319 e. The van der Waals surface area contributed by atoms with Crippen molar-refractivity contribution in [3.8, 4) is 5.75 Å². The van der Waals surface area contributed by atoms with Crippen molar-refractivity contribution in [2.75, 3.05) is 44.6 Å². The molecule has 0 unspecified atom stereocenters. The Kier molecular flexibility index (Phi) is 8.34. The van der Waals surface area contributed by atoms with E-state index in [4.69, 9.17) is 10.5 Å². The number of primary amides is 1. The third kappa shape index (κ3) is 6.28. The van der Waals surface area contributed by atoms with E-state index >= 15 is 0 Å². The summed E-state index contributed by atoms with van der Waals surface area (Å²) < 4.78 is 5.08. The molecule has 164 valence electrons. The number of likely N-dealkylation sites (tertiary alicyclic amines) is 1. The molecule has 0 radical (unpaired) electrons. The summed E-state index contributed by atoms with van der Waals surface area (Å²) in [6.45, 7) is -0.0355. The number of amides is 5. The molecule has 1 aromatic carbocycles. The minimum atomic E-state index is -0.764. The van der Waals surface area contributed by atoms with Crippen molar-refractivity contribution in [3.63, 3.8) is 0 Å². The zero-order valence-electron chi connectivity index (χ0n) is 17.2. The zero-order chi connectivity index (χ0) is 22.3. The second-order valence-electron chi connectivity index (χ2n) is 6.92. The van der Waals surface area contributed by atoms with Crippen molar-refractivity contribution in [1.82, 2.24) is 15.1 Å². The van der Waals surface area contributed by atoms with Gasteiger partial charge in [-0.05, 0) is 36.9 Å². The Morgan fingerprint density at radius 2 is 1.93 bits per heavy atom. The number of ether oxygens (including phenoxy) is 1. The van der Waals surface area contributed by atoms with E-state index in [1.165, 1.54) is 28.6 Å². The minimum absolute atomic E-state index is 0.201. The minimum Gasteiger partial charge on any atom is -0.497 e. The Morgan fingerprint density at radius 1 is 1.27 bits per heavy atom. The molecule has 4 N–H and O–H groups in total. The molecule has 5 amide bonds. The SMILES string of the molecule is COc1ccc(NC(=O)N[C@H]2C[C@H](C(=O)N(C)CC(N)=O)N(C(=O)CSC)C2)cc1. The Labute approximate surface area is 179 Å². The van der Waals surface area contributed by atoms with E-state index < -0.39 is 24.0 Å². The number of nitrogens with one attached hydrogen (secondary N) is 2. The Bertz CT molecular complexity index is 788. The monoisotopic (exact) mass is 437 g/mol. The van der Waals surface area contributed by atoms with Crippen LogP contribution in [0.1, 0.15) is 6.42 Å². The van der Waals surface area contributed by atoms with Crippen molar-refractivity contribution >= 4 is 41.2 Å². The van der Waals surface area contributed by atoms with Crippen LogP contribution in [0.4, 0.5) is 10.5 Å². The average Bonchev–Trinajstić information content (AvgIpc) is 3.11. The van der Waals surface area contributed by atoms with Crippen LogP contribution in [0.15, 0.2) is 24.3 Å². The molecule has 1 aromatic rings. The molecular formula is C19H27N5O5S. The van der Waals surface area contributed by atoms with Gasteiger partial charge in [0.05, 0.1) is 25.4 Å². The van der Waals surface area contributed by atoms with E-state index in [9.17, 15) is 19.2 Å². The first-order valence-electron chi connectivity index (χ1n) is 9.28. The number of anilines is 1. The normalized spacial score (nSPS) is 17.9. The maximum atomic E-state index is 12.8. The number of hydrogen-bond donors (Lipinski definition) is 3. The van der Waals surface area contributed by atoms with Gasteiger partial charge >= 0.3 is 6.03 Å². The van der Waals surface area contributed by atoms with Crippen LogP contribution in [0.25, 0.3) is 0 Å². The highest BCUT2D eigenvalue weighted by Gasteiger charge is 2.41. The number of thioether (sulfide) groups is 1. The quantitative estimate of drug-likeness (QED) is 0.528. The lowest BCUT2D eigenvalue weighted by molar-refractivity contribution is -0.142. The van der Waals surface area contributed by atoms with Crippen molar-refractivity contribution < 1.29 is 23.9 Å². The third-order valence-corrected chi connectivity index (χ3v) is 5.16. The number of urea groups is 1. The molecule has 11 heteroatoms. The Morgan fingerprint density at radius 3 is 2.50 bits per heavy atom. The number of nitrogens with zero attached hydrogens (tertiary/aromatic N) is 2. The van der Waals surface area contributed by atoms with Crippen LogP contribution in [-0.2, 0) is 14.4 Å². The lowest BCUT2D eigenvalue weighted by Crippen LogP contribution is -2.48. The number of carbonyl (C=O) groups is 4. The molecule has 30 heavy (non-hydrogen) atoms. The second kappa shape index (κ2) is 10.7. The lowest BCUT2D eigenvalue weighted by Gasteiger charge is -2.27. The van der Waals surface area contributed by atoms with Gasteiger partial charge in [0.25, 0.3) is 0 Å². The van der Waals surface area contributed by atoms with Gasteiger partial charge in [-0.25, -0.2) is 4.79 Å². The van der Waals surface area contributed by atoms with Crippen LogP contribution in [0.3, 0.4) is 0 Å². The summed E-state index contributed by atoms with van der Waals surface area (Å²) in [5.41, 5.74) is 5.75.